The van der Waals surface area contributed by atoms with Gasteiger partial charge in [0.15, 0.2) is 0 Å². The minimum absolute atomic E-state index is 0.390. The van der Waals surface area contributed by atoms with Gasteiger partial charge in [-0.3, -0.25) is 4.74 Å². The lowest BCUT2D eigenvalue weighted by molar-refractivity contribution is -0.322. The molecule has 0 N–H and O–H groups in total. The summed E-state index contributed by atoms with van der Waals surface area (Å²) in [5.74, 6) is -1.51. The van der Waals surface area contributed by atoms with E-state index < -0.39 is 11.6 Å². The molecule has 2 aliphatic rings. The van der Waals surface area contributed by atoms with Crippen LogP contribution in [0.15, 0.2) is 72.8 Å². The Morgan fingerprint density at radius 2 is 0.943 bits per heavy atom. The summed E-state index contributed by atoms with van der Waals surface area (Å²) in [7, 11) is 0. The SMILES string of the molecule is Cc1ccc2c(c1)[C@]1(c3ccc(Cl)c(Cl)c3)Oc3ccc(C)cc3[C@](c3ccc(Cl)c(Cl)c3)(O2)O1. The predicted molar refractivity (Wildman–Crippen MR) is 139 cm³/mol. The van der Waals surface area contributed by atoms with Gasteiger partial charge in [0.2, 0.25) is 0 Å². The monoisotopic (exact) mass is 542 g/mol. The van der Waals surface area contributed by atoms with E-state index in [-0.39, 0.29) is 0 Å². The molecule has 35 heavy (non-hydrogen) atoms. The summed E-state index contributed by atoms with van der Waals surface area (Å²) >= 11 is 25.5. The molecule has 2 aliphatic heterocycles. The second-order valence-corrected chi connectivity index (χ2v) is 10.4. The van der Waals surface area contributed by atoms with Crippen LogP contribution in [-0.2, 0) is 16.3 Å². The number of rotatable bonds is 2. The van der Waals surface area contributed by atoms with Gasteiger partial charge in [-0.25, -0.2) is 0 Å². The van der Waals surface area contributed by atoms with Crippen molar-refractivity contribution in [2.45, 2.75) is 25.4 Å². The lowest BCUT2D eigenvalue weighted by Crippen LogP contribution is -2.56. The van der Waals surface area contributed by atoms with Crippen molar-refractivity contribution >= 4 is 46.4 Å². The van der Waals surface area contributed by atoms with Gasteiger partial charge in [-0.05, 0) is 62.4 Å². The summed E-state index contributed by atoms with van der Waals surface area (Å²) in [4.78, 5) is 0. The van der Waals surface area contributed by atoms with E-state index in [9.17, 15) is 0 Å². The maximum Gasteiger partial charge on any atom is 0.271 e. The summed E-state index contributed by atoms with van der Waals surface area (Å²) < 4.78 is 20.5. The third-order valence-corrected chi connectivity index (χ3v) is 7.85. The predicted octanol–water partition coefficient (Wildman–Crippen LogP) is 8.82. The molecule has 0 saturated carbocycles. The topological polar surface area (TPSA) is 27.7 Å². The minimum atomic E-state index is -1.37. The molecule has 4 aromatic rings. The van der Waals surface area contributed by atoms with Crippen molar-refractivity contribution in [3.8, 4) is 11.5 Å². The Hall–Kier alpha value is -2.40. The van der Waals surface area contributed by atoms with Crippen LogP contribution in [0.5, 0.6) is 11.5 Å². The standard InChI is InChI=1S/C28H18Cl4O3/c1-15-3-9-25-19(11-15)27(17-5-7-21(29)23(31)13-17)34-26-10-4-16(2)12-20(26)28(33-25,35-27)18-6-8-22(30)24(32)14-18/h3-14H,1-2H3/t27-,28-/m1/s1. The van der Waals surface area contributed by atoms with E-state index in [1.54, 1.807) is 24.3 Å². The number of fused-ring (bicyclic) bond motifs is 6. The number of benzene rings is 4. The van der Waals surface area contributed by atoms with Crippen molar-refractivity contribution in [2.24, 2.45) is 0 Å². The van der Waals surface area contributed by atoms with Crippen LogP contribution in [0.2, 0.25) is 20.1 Å². The van der Waals surface area contributed by atoms with Crippen molar-refractivity contribution in [1.82, 2.24) is 0 Å². The molecule has 4 aromatic carbocycles. The van der Waals surface area contributed by atoms with Crippen LogP contribution in [0.4, 0.5) is 0 Å². The van der Waals surface area contributed by atoms with E-state index >= 15 is 0 Å². The molecular weight excluding hydrogens is 526 g/mol. The minimum Gasteiger partial charge on any atom is -0.453 e. The number of hydrogen-bond acceptors (Lipinski definition) is 3. The summed E-state index contributed by atoms with van der Waals surface area (Å²) in [6, 6.07) is 22.5. The molecule has 0 amide bonds. The first kappa shape index (κ1) is 23.0. The Balaban J connectivity index is 1.72. The van der Waals surface area contributed by atoms with Gasteiger partial charge < -0.3 is 9.47 Å². The molecule has 0 aliphatic carbocycles. The summed E-state index contributed by atoms with van der Waals surface area (Å²) in [6.07, 6.45) is 0. The zero-order chi connectivity index (χ0) is 24.5. The van der Waals surface area contributed by atoms with Gasteiger partial charge in [-0.1, -0.05) is 81.8 Å². The highest BCUT2D eigenvalue weighted by atomic mass is 35.5. The highest BCUT2D eigenvalue weighted by Crippen LogP contribution is 2.59. The normalized spacial score (nSPS) is 22.0. The number of ether oxygens (including phenoxy) is 3. The summed E-state index contributed by atoms with van der Waals surface area (Å²) in [5, 5.41) is 1.65. The first-order valence-electron chi connectivity index (χ1n) is 10.9. The molecule has 0 saturated heterocycles. The fourth-order valence-corrected chi connectivity index (χ4v) is 5.30. The van der Waals surface area contributed by atoms with E-state index in [1.165, 1.54) is 0 Å². The van der Waals surface area contributed by atoms with Crippen LogP contribution in [0.1, 0.15) is 33.4 Å². The van der Waals surface area contributed by atoms with Gasteiger partial charge in [0.25, 0.3) is 11.6 Å². The highest BCUT2D eigenvalue weighted by Gasteiger charge is 2.60. The Morgan fingerprint density at radius 1 is 0.514 bits per heavy atom. The molecule has 0 unspecified atom stereocenters. The highest BCUT2D eigenvalue weighted by molar-refractivity contribution is 6.42. The lowest BCUT2D eigenvalue weighted by atomic mass is 9.86. The summed E-state index contributed by atoms with van der Waals surface area (Å²) in [5.41, 5.74) is 4.84. The van der Waals surface area contributed by atoms with Gasteiger partial charge in [-0.2, -0.15) is 0 Å². The van der Waals surface area contributed by atoms with E-state index in [0.29, 0.717) is 42.7 Å². The maximum absolute atomic E-state index is 6.97. The molecular formula is C28H18Cl4O3. The van der Waals surface area contributed by atoms with E-state index in [4.69, 9.17) is 60.6 Å². The lowest BCUT2D eigenvalue weighted by Gasteiger charge is -2.52. The smallest absolute Gasteiger partial charge is 0.271 e. The average molecular weight is 544 g/mol. The number of aryl methyl sites for hydroxylation is 2. The molecule has 176 valence electrons. The number of hydrogen-bond donors (Lipinski definition) is 0. The van der Waals surface area contributed by atoms with Crippen LogP contribution in [0.3, 0.4) is 0 Å². The van der Waals surface area contributed by atoms with Gasteiger partial charge in [0.1, 0.15) is 11.5 Å². The molecule has 0 radical (unpaired) electrons. The Bertz CT molecular complexity index is 1410. The second-order valence-electron chi connectivity index (χ2n) is 8.80. The Morgan fingerprint density at radius 3 is 1.34 bits per heavy atom. The van der Waals surface area contributed by atoms with Crippen molar-refractivity contribution in [2.75, 3.05) is 0 Å². The van der Waals surface area contributed by atoms with E-state index in [1.807, 2.05) is 62.4 Å². The number of halogens is 4. The first-order chi connectivity index (χ1) is 16.7. The Kier molecular flexibility index (Phi) is 5.30. The molecule has 3 nitrogen and oxygen atoms in total. The van der Waals surface area contributed by atoms with Crippen molar-refractivity contribution in [1.29, 1.82) is 0 Å². The van der Waals surface area contributed by atoms with Crippen LogP contribution >= 0.6 is 46.4 Å². The molecule has 2 bridgehead atoms. The van der Waals surface area contributed by atoms with Crippen LogP contribution in [0, 0.1) is 13.8 Å². The summed E-state index contributed by atoms with van der Waals surface area (Å²) in [6.45, 7) is 4.01. The zero-order valence-electron chi connectivity index (χ0n) is 18.7. The van der Waals surface area contributed by atoms with Gasteiger partial charge in [0, 0.05) is 11.1 Å². The van der Waals surface area contributed by atoms with E-state index in [0.717, 1.165) is 22.3 Å². The first-order valence-corrected chi connectivity index (χ1v) is 12.4. The quantitative estimate of drug-likeness (QED) is 0.253. The van der Waals surface area contributed by atoms with Crippen LogP contribution < -0.4 is 9.47 Å². The fourth-order valence-electron chi connectivity index (χ4n) is 4.70. The zero-order valence-corrected chi connectivity index (χ0v) is 21.7. The Labute approximate surface area is 223 Å². The maximum atomic E-state index is 6.97. The average Bonchev–Trinajstić information content (AvgIpc) is 2.83. The molecule has 0 fully saturated rings. The van der Waals surface area contributed by atoms with Crippen molar-refractivity contribution in [3.05, 3.63) is 126 Å². The molecule has 2 atom stereocenters. The van der Waals surface area contributed by atoms with Crippen molar-refractivity contribution < 1.29 is 14.2 Å². The molecule has 6 rings (SSSR count). The van der Waals surface area contributed by atoms with Crippen LogP contribution in [-0.4, -0.2) is 0 Å². The third-order valence-electron chi connectivity index (χ3n) is 6.37. The van der Waals surface area contributed by atoms with Crippen molar-refractivity contribution in [3.63, 3.8) is 0 Å². The molecule has 0 aromatic heterocycles. The molecule has 0 spiro atoms. The van der Waals surface area contributed by atoms with Crippen LogP contribution in [0.25, 0.3) is 0 Å². The van der Waals surface area contributed by atoms with Gasteiger partial charge in [0.05, 0.1) is 31.2 Å². The third kappa shape index (κ3) is 3.45. The molecule has 7 heteroatoms. The van der Waals surface area contributed by atoms with Gasteiger partial charge >= 0.3 is 0 Å². The largest absolute Gasteiger partial charge is 0.453 e. The molecule has 2 heterocycles. The van der Waals surface area contributed by atoms with Gasteiger partial charge in [-0.15, -0.1) is 0 Å². The van der Waals surface area contributed by atoms with E-state index in [2.05, 4.69) is 0 Å². The fraction of sp³-hybridized carbons (Fsp3) is 0.143. The second kappa shape index (κ2) is 8.06.